The van der Waals surface area contributed by atoms with Gasteiger partial charge in [0.05, 0.1) is 19.8 Å². The first-order valence-electron chi connectivity index (χ1n) is 5.73. The summed E-state index contributed by atoms with van der Waals surface area (Å²) in [6, 6.07) is 0. The fourth-order valence-corrected chi connectivity index (χ4v) is 1.65. The molecule has 0 atom stereocenters. The highest BCUT2D eigenvalue weighted by Gasteiger charge is 2.08. The summed E-state index contributed by atoms with van der Waals surface area (Å²) in [5.74, 6) is 1.24. The van der Waals surface area contributed by atoms with Crippen LogP contribution in [-0.2, 0) is 9.47 Å². The number of nitrogens with zero attached hydrogens (tertiary/aromatic N) is 2. The minimum absolute atomic E-state index is 0.435. The summed E-state index contributed by atoms with van der Waals surface area (Å²) in [6.45, 7) is 4.87. The molecule has 0 amide bonds. The number of methoxy groups -OCH3 is 1. The molecule has 6 nitrogen and oxygen atoms in total. The largest absolute Gasteiger partial charge is 0.474 e. The van der Waals surface area contributed by atoms with E-state index in [0.717, 1.165) is 16.8 Å². The quantitative estimate of drug-likeness (QED) is 0.699. The number of hydrogen-bond donors (Lipinski definition) is 1. The zero-order chi connectivity index (χ0) is 13.2. The van der Waals surface area contributed by atoms with E-state index in [9.17, 15) is 0 Å². The first-order valence-corrected chi connectivity index (χ1v) is 6.52. The molecule has 1 aromatic rings. The van der Waals surface area contributed by atoms with Crippen molar-refractivity contribution in [3.05, 3.63) is 10.8 Å². The Morgan fingerprint density at radius 1 is 1.22 bits per heavy atom. The van der Waals surface area contributed by atoms with Gasteiger partial charge in [-0.2, -0.15) is 0 Å². The molecule has 0 aliphatic carbocycles. The van der Waals surface area contributed by atoms with Crippen molar-refractivity contribution in [1.29, 1.82) is 0 Å². The van der Waals surface area contributed by atoms with Gasteiger partial charge >= 0.3 is 0 Å². The molecule has 0 saturated carbocycles. The summed E-state index contributed by atoms with van der Waals surface area (Å²) in [7, 11) is 1.64. The van der Waals surface area contributed by atoms with Gasteiger partial charge in [-0.25, -0.2) is 9.97 Å². The van der Waals surface area contributed by atoms with Crippen molar-refractivity contribution >= 4 is 21.7 Å². The van der Waals surface area contributed by atoms with E-state index < -0.39 is 0 Å². The Morgan fingerprint density at radius 2 is 2.00 bits per heavy atom. The second kappa shape index (κ2) is 9.07. The Morgan fingerprint density at radius 3 is 2.72 bits per heavy atom. The van der Waals surface area contributed by atoms with Gasteiger partial charge in [-0.05, 0) is 22.9 Å². The lowest BCUT2D eigenvalue weighted by Crippen LogP contribution is -2.11. The van der Waals surface area contributed by atoms with Crippen molar-refractivity contribution < 1.29 is 14.2 Å². The van der Waals surface area contributed by atoms with Gasteiger partial charge in [0.25, 0.3) is 0 Å². The van der Waals surface area contributed by atoms with E-state index in [2.05, 4.69) is 31.2 Å². The van der Waals surface area contributed by atoms with Gasteiger partial charge in [0.2, 0.25) is 5.88 Å². The number of nitrogens with one attached hydrogen (secondary N) is 1. The average molecular weight is 320 g/mol. The van der Waals surface area contributed by atoms with Gasteiger partial charge in [0, 0.05) is 13.7 Å². The molecule has 0 aliphatic heterocycles. The minimum Gasteiger partial charge on any atom is -0.474 e. The highest BCUT2D eigenvalue weighted by molar-refractivity contribution is 9.10. The van der Waals surface area contributed by atoms with Gasteiger partial charge in [0.15, 0.2) is 0 Å². The lowest BCUT2D eigenvalue weighted by Gasteiger charge is -2.10. The van der Waals surface area contributed by atoms with Gasteiger partial charge in [-0.1, -0.05) is 0 Å². The second-order valence-corrected chi connectivity index (χ2v) is 4.12. The molecule has 0 aliphatic rings. The molecular weight excluding hydrogens is 302 g/mol. The second-order valence-electron chi connectivity index (χ2n) is 3.33. The zero-order valence-electron chi connectivity index (χ0n) is 10.6. The Labute approximate surface area is 115 Å². The predicted molar refractivity (Wildman–Crippen MR) is 72.1 cm³/mol. The number of anilines is 1. The molecule has 1 aromatic heterocycles. The minimum atomic E-state index is 0.435. The zero-order valence-corrected chi connectivity index (χ0v) is 12.2. The van der Waals surface area contributed by atoms with Gasteiger partial charge in [-0.15, -0.1) is 0 Å². The number of halogens is 1. The van der Waals surface area contributed by atoms with Crippen LogP contribution in [0.4, 0.5) is 5.82 Å². The summed E-state index contributed by atoms with van der Waals surface area (Å²) in [6.07, 6.45) is 1.46. The Balaban J connectivity index is 2.35. The van der Waals surface area contributed by atoms with Gasteiger partial charge < -0.3 is 19.5 Å². The maximum Gasteiger partial charge on any atom is 0.233 e. The van der Waals surface area contributed by atoms with Crippen LogP contribution < -0.4 is 10.1 Å². The normalized spacial score (nSPS) is 10.4. The molecule has 0 aromatic carbocycles. The summed E-state index contributed by atoms with van der Waals surface area (Å²) in [4.78, 5) is 8.16. The maximum atomic E-state index is 5.50. The molecule has 0 bridgehead atoms. The van der Waals surface area contributed by atoms with E-state index in [-0.39, 0.29) is 0 Å². The van der Waals surface area contributed by atoms with Crippen molar-refractivity contribution in [2.75, 3.05) is 45.4 Å². The van der Waals surface area contributed by atoms with Crippen LogP contribution in [0.3, 0.4) is 0 Å². The monoisotopic (exact) mass is 319 g/mol. The Bertz CT molecular complexity index is 352. The predicted octanol–water partition coefficient (Wildman–Crippen LogP) is 1.71. The third-order valence-corrected chi connectivity index (χ3v) is 2.71. The van der Waals surface area contributed by atoms with Crippen LogP contribution >= 0.6 is 15.9 Å². The average Bonchev–Trinajstić information content (AvgIpc) is 2.38. The molecular formula is C11H18BrN3O3. The van der Waals surface area contributed by atoms with Crippen molar-refractivity contribution in [2.45, 2.75) is 6.92 Å². The first kappa shape index (κ1) is 15.1. The van der Waals surface area contributed by atoms with Gasteiger partial charge in [-0.3, -0.25) is 0 Å². The summed E-state index contributed by atoms with van der Waals surface area (Å²) in [5, 5.41) is 3.11. The number of hydrogen-bond acceptors (Lipinski definition) is 6. The molecule has 0 saturated heterocycles. The molecule has 18 heavy (non-hydrogen) atoms. The first-order chi connectivity index (χ1) is 8.79. The smallest absolute Gasteiger partial charge is 0.233 e. The van der Waals surface area contributed by atoms with Crippen LogP contribution in [0.25, 0.3) is 0 Å². The maximum absolute atomic E-state index is 5.50. The van der Waals surface area contributed by atoms with Gasteiger partial charge in [0.1, 0.15) is 23.2 Å². The third kappa shape index (κ3) is 5.16. The molecule has 7 heteroatoms. The van der Waals surface area contributed by atoms with E-state index in [1.807, 2.05) is 6.92 Å². The van der Waals surface area contributed by atoms with Crippen LogP contribution in [0.2, 0.25) is 0 Å². The molecule has 1 heterocycles. The third-order valence-electron chi connectivity index (χ3n) is 2.00. The van der Waals surface area contributed by atoms with Crippen LogP contribution in [0.5, 0.6) is 5.88 Å². The van der Waals surface area contributed by atoms with Crippen molar-refractivity contribution in [3.63, 3.8) is 0 Å². The highest BCUT2D eigenvalue weighted by atomic mass is 79.9. The molecule has 0 spiro atoms. The molecule has 1 N–H and O–H groups in total. The molecule has 102 valence electrons. The molecule has 0 fully saturated rings. The highest BCUT2D eigenvalue weighted by Crippen LogP contribution is 2.27. The lowest BCUT2D eigenvalue weighted by molar-refractivity contribution is 0.0535. The van der Waals surface area contributed by atoms with Crippen LogP contribution in [0.1, 0.15) is 6.92 Å². The topological polar surface area (TPSA) is 65.5 Å². The van der Waals surface area contributed by atoms with Crippen molar-refractivity contribution in [1.82, 2.24) is 9.97 Å². The SMILES string of the molecule is CCNc1ncnc(OCCOCCOC)c1Br. The summed E-state index contributed by atoms with van der Waals surface area (Å²) in [5.41, 5.74) is 0. The van der Waals surface area contributed by atoms with Crippen molar-refractivity contribution in [3.8, 4) is 5.88 Å². The lowest BCUT2D eigenvalue weighted by atomic mass is 10.5. The standard InChI is InChI=1S/C11H18BrN3O3/c1-3-13-10-9(12)11(15-8-14-10)18-7-6-17-5-4-16-2/h8H,3-7H2,1-2H3,(H,13,14,15). The van der Waals surface area contributed by atoms with Crippen molar-refractivity contribution in [2.24, 2.45) is 0 Å². The fraction of sp³-hybridized carbons (Fsp3) is 0.636. The van der Waals surface area contributed by atoms with Crippen LogP contribution in [-0.4, -0.2) is 50.1 Å². The van der Waals surface area contributed by atoms with E-state index in [1.54, 1.807) is 7.11 Å². The van der Waals surface area contributed by atoms with E-state index in [4.69, 9.17) is 14.2 Å². The molecule has 0 unspecified atom stereocenters. The Kier molecular flexibility index (Phi) is 7.63. The van der Waals surface area contributed by atoms with E-state index in [0.29, 0.717) is 32.3 Å². The number of ether oxygens (including phenoxy) is 3. The van der Waals surface area contributed by atoms with E-state index >= 15 is 0 Å². The fourth-order valence-electron chi connectivity index (χ4n) is 1.19. The summed E-state index contributed by atoms with van der Waals surface area (Å²) < 4.78 is 16.4. The number of rotatable bonds is 9. The number of aromatic nitrogens is 2. The van der Waals surface area contributed by atoms with Crippen LogP contribution in [0, 0.1) is 0 Å². The molecule has 0 radical (unpaired) electrons. The Hall–Kier alpha value is -0.920. The van der Waals surface area contributed by atoms with E-state index in [1.165, 1.54) is 6.33 Å². The molecule has 1 rings (SSSR count). The van der Waals surface area contributed by atoms with Crippen LogP contribution in [0.15, 0.2) is 10.8 Å². The summed E-state index contributed by atoms with van der Waals surface area (Å²) >= 11 is 3.40.